The first-order chi connectivity index (χ1) is 8.09. The van der Waals surface area contributed by atoms with E-state index in [4.69, 9.17) is 0 Å². The molecule has 1 fully saturated rings. The third-order valence-corrected chi connectivity index (χ3v) is 3.48. The summed E-state index contributed by atoms with van der Waals surface area (Å²) in [5.41, 5.74) is 1.42. The molecule has 2 rings (SSSR count). The van der Waals surface area contributed by atoms with E-state index >= 15 is 0 Å². The van der Waals surface area contributed by atoms with E-state index in [1.165, 1.54) is 6.07 Å². The van der Waals surface area contributed by atoms with Gasteiger partial charge >= 0.3 is 0 Å². The Morgan fingerprint density at radius 2 is 2.06 bits per heavy atom. The molecule has 0 radical (unpaired) electrons. The molecule has 0 bridgehead atoms. The molecule has 1 heterocycles. The van der Waals surface area contributed by atoms with Crippen molar-refractivity contribution in [3.8, 4) is 0 Å². The number of hydrogen-bond acceptors (Lipinski definition) is 1. The van der Waals surface area contributed by atoms with Crippen LogP contribution in [-0.4, -0.2) is 13.1 Å². The molecule has 0 aliphatic carbocycles. The third kappa shape index (κ3) is 2.65. The van der Waals surface area contributed by atoms with Crippen LogP contribution in [0.1, 0.15) is 49.7 Å². The Labute approximate surface area is 101 Å². The lowest BCUT2D eigenvalue weighted by Crippen LogP contribution is -2.29. The maximum atomic E-state index is 13.8. The lowest BCUT2D eigenvalue weighted by atomic mass is 9.88. The fraction of sp³-hybridized carbons (Fsp3) is 0.571. The van der Waals surface area contributed by atoms with Crippen LogP contribution in [-0.2, 0) is 0 Å². The van der Waals surface area contributed by atoms with Gasteiger partial charge in [0.2, 0.25) is 0 Å². The predicted molar refractivity (Wildman–Crippen MR) is 65.3 cm³/mol. The lowest BCUT2D eigenvalue weighted by molar-refractivity contribution is 0.430. The molecule has 0 amide bonds. The van der Waals surface area contributed by atoms with Gasteiger partial charge in [-0.25, -0.2) is 8.78 Å². The number of nitrogens with one attached hydrogen (secondary N) is 1. The summed E-state index contributed by atoms with van der Waals surface area (Å²) in [7, 11) is 0. The Kier molecular flexibility index (Phi) is 3.77. The Morgan fingerprint density at radius 3 is 2.65 bits per heavy atom. The molecule has 0 spiro atoms. The molecule has 1 atom stereocenters. The first-order valence-corrected chi connectivity index (χ1v) is 6.29. The average molecular weight is 239 g/mol. The van der Waals surface area contributed by atoms with Gasteiger partial charge in [0.05, 0.1) is 0 Å². The number of benzene rings is 1. The van der Waals surface area contributed by atoms with Crippen LogP contribution in [0.4, 0.5) is 8.78 Å². The summed E-state index contributed by atoms with van der Waals surface area (Å²) in [6, 6.07) is 3.15. The monoisotopic (exact) mass is 239 g/mol. The van der Waals surface area contributed by atoms with E-state index in [0.29, 0.717) is 5.56 Å². The van der Waals surface area contributed by atoms with E-state index in [-0.39, 0.29) is 11.8 Å². The molecule has 0 aromatic heterocycles. The zero-order valence-electron chi connectivity index (χ0n) is 10.4. The summed E-state index contributed by atoms with van der Waals surface area (Å²) in [5.74, 6) is -1.04. The maximum Gasteiger partial charge on any atom is 0.162 e. The summed E-state index contributed by atoms with van der Waals surface area (Å²) in [5, 5.41) is 3.24. The van der Waals surface area contributed by atoms with E-state index in [9.17, 15) is 8.78 Å². The van der Waals surface area contributed by atoms with Crippen molar-refractivity contribution in [1.29, 1.82) is 0 Å². The maximum absolute atomic E-state index is 13.8. The molecular formula is C14H19F2N. The number of rotatable bonds is 2. The minimum Gasteiger partial charge on any atom is -0.316 e. The second-order valence-electron chi connectivity index (χ2n) is 5.10. The Bertz CT molecular complexity index is 395. The van der Waals surface area contributed by atoms with Gasteiger partial charge < -0.3 is 5.32 Å². The van der Waals surface area contributed by atoms with E-state index in [1.54, 1.807) is 0 Å². The quantitative estimate of drug-likeness (QED) is 0.832. The summed E-state index contributed by atoms with van der Waals surface area (Å²) in [4.78, 5) is 0. The van der Waals surface area contributed by atoms with Crippen molar-refractivity contribution in [2.75, 3.05) is 13.1 Å². The van der Waals surface area contributed by atoms with E-state index in [1.807, 2.05) is 19.9 Å². The highest BCUT2D eigenvalue weighted by Crippen LogP contribution is 2.30. The molecule has 17 heavy (non-hydrogen) atoms. The molecule has 1 aliphatic heterocycles. The summed E-state index contributed by atoms with van der Waals surface area (Å²) in [6.07, 6.45) is 1.96. The van der Waals surface area contributed by atoms with Crippen LogP contribution in [0.25, 0.3) is 0 Å². The van der Waals surface area contributed by atoms with Gasteiger partial charge in [0.1, 0.15) is 0 Å². The fourth-order valence-corrected chi connectivity index (χ4v) is 2.38. The van der Waals surface area contributed by atoms with Crippen LogP contribution >= 0.6 is 0 Å². The van der Waals surface area contributed by atoms with Crippen molar-refractivity contribution in [2.45, 2.75) is 38.5 Å². The van der Waals surface area contributed by atoms with Crippen LogP contribution in [0.3, 0.4) is 0 Å². The van der Waals surface area contributed by atoms with Gasteiger partial charge in [-0.3, -0.25) is 0 Å². The Morgan fingerprint density at radius 1 is 1.29 bits per heavy atom. The van der Waals surface area contributed by atoms with Gasteiger partial charge in [-0.15, -0.1) is 0 Å². The van der Waals surface area contributed by atoms with Crippen molar-refractivity contribution in [3.05, 3.63) is 34.9 Å². The van der Waals surface area contributed by atoms with Gasteiger partial charge in [0.15, 0.2) is 11.6 Å². The molecule has 1 nitrogen and oxygen atoms in total. The second-order valence-corrected chi connectivity index (χ2v) is 5.10. The zero-order valence-corrected chi connectivity index (χ0v) is 10.4. The van der Waals surface area contributed by atoms with Crippen molar-refractivity contribution in [2.24, 2.45) is 0 Å². The zero-order chi connectivity index (χ0) is 12.4. The van der Waals surface area contributed by atoms with Gasteiger partial charge in [0, 0.05) is 6.54 Å². The van der Waals surface area contributed by atoms with E-state index < -0.39 is 11.6 Å². The van der Waals surface area contributed by atoms with Crippen LogP contribution in [0.15, 0.2) is 12.1 Å². The van der Waals surface area contributed by atoms with Crippen LogP contribution in [0, 0.1) is 11.6 Å². The van der Waals surface area contributed by atoms with Gasteiger partial charge in [-0.1, -0.05) is 19.9 Å². The van der Waals surface area contributed by atoms with Gasteiger partial charge in [0.25, 0.3) is 0 Å². The molecule has 3 heteroatoms. The van der Waals surface area contributed by atoms with E-state index in [2.05, 4.69) is 5.32 Å². The van der Waals surface area contributed by atoms with Gasteiger partial charge in [-0.05, 0) is 48.4 Å². The molecule has 0 saturated carbocycles. The van der Waals surface area contributed by atoms with Crippen LogP contribution < -0.4 is 5.32 Å². The van der Waals surface area contributed by atoms with Crippen LogP contribution in [0.5, 0.6) is 0 Å². The highest BCUT2D eigenvalue weighted by molar-refractivity contribution is 5.31. The van der Waals surface area contributed by atoms with E-state index in [0.717, 1.165) is 31.5 Å². The van der Waals surface area contributed by atoms with Crippen molar-refractivity contribution in [1.82, 2.24) is 5.32 Å². The van der Waals surface area contributed by atoms with Crippen molar-refractivity contribution in [3.63, 3.8) is 0 Å². The highest BCUT2D eigenvalue weighted by atomic mass is 19.2. The molecule has 1 saturated heterocycles. The minimum atomic E-state index is -0.711. The van der Waals surface area contributed by atoms with Crippen LogP contribution in [0.2, 0.25) is 0 Å². The number of piperidine rings is 1. The summed E-state index contributed by atoms with van der Waals surface area (Å²) in [6.45, 7) is 5.72. The summed E-state index contributed by atoms with van der Waals surface area (Å²) < 4.78 is 27.4. The fourth-order valence-electron chi connectivity index (χ4n) is 2.38. The Hall–Kier alpha value is -0.960. The third-order valence-electron chi connectivity index (χ3n) is 3.48. The first-order valence-electron chi connectivity index (χ1n) is 6.29. The SMILES string of the molecule is CC(C)c1cc(F)c(F)c(C2CCCNC2)c1. The molecule has 1 aromatic carbocycles. The van der Waals surface area contributed by atoms with Crippen molar-refractivity contribution >= 4 is 0 Å². The Balaban J connectivity index is 2.36. The molecule has 1 aromatic rings. The molecule has 1 aliphatic rings. The highest BCUT2D eigenvalue weighted by Gasteiger charge is 2.22. The van der Waals surface area contributed by atoms with Crippen molar-refractivity contribution < 1.29 is 8.78 Å². The molecule has 1 unspecified atom stereocenters. The first kappa shape index (κ1) is 12.5. The smallest absolute Gasteiger partial charge is 0.162 e. The minimum absolute atomic E-state index is 0.108. The molecular weight excluding hydrogens is 220 g/mol. The molecule has 94 valence electrons. The topological polar surface area (TPSA) is 12.0 Å². The average Bonchev–Trinajstić information content (AvgIpc) is 2.33. The standard InChI is InChI=1S/C14H19F2N/c1-9(2)11-6-12(14(16)13(15)7-11)10-4-3-5-17-8-10/h6-7,9-10,17H,3-5,8H2,1-2H3. The second kappa shape index (κ2) is 5.13. The summed E-state index contributed by atoms with van der Waals surface area (Å²) >= 11 is 0. The number of hydrogen-bond donors (Lipinski definition) is 1. The normalized spacial score (nSPS) is 20.9. The van der Waals surface area contributed by atoms with Gasteiger partial charge in [-0.2, -0.15) is 0 Å². The molecule has 1 N–H and O–H groups in total. The number of halogens is 2. The largest absolute Gasteiger partial charge is 0.316 e. The lowest BCUT2D eigenvalue weighted by Gasteiger charge is -2.24. The predicted octanol–water partition coefficient (Wildman–Crippen LogP) is 3.56.